The number of rotatable bonds is 4. The number of carboxylic acid groups (broad SMARTS) is 1. The second-order valence-corrected chi connectivity index (χ2v) is 6.87. The van der Waals surface area contributed by atoms with E-state index in [9.17, 15) is 4.79 Å². The minimum absolute atomic E-state index is 0.0944. The molecule has 2 unspecified atom stereocenters. The molecule has 0 aromatic carbocycles. The lowest BCUT2D eigenvalue weighted by Gasteiger charge is -2.36. The van der Waals surface area contributed by atoms with Crippen LogP contribution in [0.2, 0.25) is 0 Å². The fourth-order valence-electron chi connectivity index (χ4n) is 3.95. The van der Waals surface area contributed by atoms with Gasteiger partial charge in [-0.2, -0.15) is 0 Å². The van der Waals surface area contributed by atoms with Gasteiger partial charge in [-0.15, -0.1) is 0 Å². The van der Waals surface area contributed by atoms with Gasteiger partial charge in [0.05, 0.1) is 5.92 Å². The number of carbonyl (C=O) groups is 1. The molecule has 3 nitrogen and oxygen atoms in total. The number of nitrogens with one attached hydrogen (secondary N) is 1. The molecule has 2 rings (SSSR count). The second kappa shape index (κ2) is 6.74. The van der Waals surface area contributed by atoms with E-state index in [0.29, 0.717) is 12.1 Å². The molecule has 3 atom stereocenters. The minimum Gasteiger partial charge on any atom is -0.481 e. The third-order valence-corrected chi connectivity index (χ3v) is 5.26. The van der Waals surface area contributed by atoms with E-state index in [1.54, 1.807) is 0 Å². The van der Waals surface area contributed by atoms with Crippen LogP contribution in [0, 0.1) is 17.8 Å². The van der Waals surface area contributed by atoms with Crippen LogP contribution in [0.4, 0.5) is 0 Å². The molecule has 0 aromatic heterocycles. The van der Waals surface area contributed by atoms with Crippen molar-refractivity contribution in [1.82, 2.24) is 5.32 Å². The van der Waals surface area contributed by atoms with Crippen LogP contribution in [0.1, 0.15) is 65.2 Å². The van der Waals surface area contributed by atoms with Crippen molar-refractivity contribution in [2.24, 2.45) is 17.8 Å². The first-order valence-corrected chi connectivity index (χ1v) is 8.05. The smallest absolute Gasteiger partial charge is 0.306 e. The van der Waals surface area contributed by atoms with Crippen molar-refractivity contribution in [2.75, 3.05) is 0 Å². The van der Waals surface area contributed by atoms with Crippen molar-refractivity contribution in [1.29, 1.82) is 0 Å². The summed E-state index contributed by atoms with van der Waals surface area (Å²) in [5.74, 6) is 1.00. The molecule has 2 aliphatic rings. The molecule has 0 heterocycles. The third kappa shape index (κ3) is 4.20. The summed E-state index contributed by atoms with van der Waals surface area (Å²) < 4.78 is 0. The van der Waals surface area contributed by atoms with Gasteiger partial charge in [0.15, 0.2) is 0 Å². The van der Waals surface area contributed by atoms with Crippen LogP contribution in [0.25, 0.3) is 0 Å². The summed E-state index contributed by atoms with van der Waals surface area (Å²) in [4.78, 5) is 10.9. The molecule has 0 amide bonds. The highest BCUT2D eigenvalue weighted by Gasteiger charge is 2.29. The molecule has 2 fully saturated rings. The van der Waals surface area contributed by atoms with E-state index in [1.807, 2.05) is 0 Å². The van der Waals surface area contributed by atoms with Gasteiger partial charge in [-0.3, -0.25) is 4.79 Å². The molecular weight excluding hydrogens is 238 g/mol. The normalized spacial score (nSPS) is 37.8. The summed E-state index contributed by atoms with van der Waals surface area (Å²) in [5.41, 5.74) is 0. The van der Waals surface area contributed by atoms with Crippen molar-refractivity contribution < 1.29 is 9.90 Å². The maximum absolute atomic E-state index is 10.9. The van der Waals surface area contributed by atoms with Crippen LogP contribution in [0.15, 0.2) is 0 Å². The van der Waals surface area contributed by atoms with E-state index in [2.05, 4.69) is 19.2 Å². The molecule has 0 saturated heterocycles. The Kier molecular flexibility index (Phi) is 5.26. The fourth-order valence-corrected chi connectivity index (χ4v) is 3.95. The lowest BCUT2D eigenvalue weighted by Crippen LogP contribution is -2.44. The first-order valence-electron chi connectivity index (χ1n) is 8.05. The van der Waals surface area contributed by atoms with Gasteiger partial charge in [0, 0.05) is 12.1 Å². The average molecular weight is 267 g/mol. The Balaban J connectivity index is 1.74. The average Bonchev–Trinajstić information content (AvgIpc) is 2.39. The van der Waals surface area contributed by atoms with E-state index in [0.717, 1.165) is 37.5 Å². The molecule has 0 radical (unpaired) electrons. The van der Waals surface area contributed by atoms with Crippen molar-refractivity contribution >= 4 is 5.97 Å². The Morgan fingerprint density at radius 2 is 1.84 bits per heavy atom. The summed E-state index contributed by atoms with van der Waals surface area (Å²) >= 11 is 0. The van der Waals surface area contributed by atoms with Gasteiger partial charge < -0.3 is 10.4 Å². The van der Waals surface area contributed by atoms with Crippen LogP contribution in [-0.2, 0) is 4.79 Å². The molecule has 110 valence electrons. The predicted molar refractivity (Wildman–Crippen MR) is 77.1 cm³/mol. The van der Waals surface area contributed by atoms with Gasteiger partial charge in [0.1, 0.15) is 0 Å². The van der Waals surface area contributed by atoms with Crippen LogP contribution in [-0.4, -0.2) is 23.2 Å². The minimum atomic E-state index is -0.604. The molecule has 2 saturated carbocycles. The first-order chi connectivity index (χ1) is 9.06. The molecule has 19 heavy (non-hydrogen) atoms. The quantitative estimate of drug-likeness (QED) is 0.820. The molecular formula is C16H29NO2. The standard InChI is InChI=1S/C16H29NO2/c1-11-4-3-5-14(10-11)12(2)17-15-8-6-13(7-9-15)16(18)19/h11-15,17H,3-10H2,1-2H3,(H,18,19)/t11?,12-,13?,14?,15?/m0/s1. The molecule has 2 N–H and O–H groups in total. The van der Waals surface area contributed by atoms with Gasteiger partial charge in [-0.25, -0.2) is 0 Å². The summed E-state index contributed by atoms with van der Waals surface area (Å²) in [6.07, 6.45) is 9.26. The maximum Gasteiger partial charge on any atom is 0.306 e. The largest absolute Gasteiger partial charge is 0.481 e. The lowest BCUT2D eigenvalue weighted by atomic mass is 9.78. The van der Waals surface area contributed by atoms with Crippen molar-refractivity contribution in [3.63, 3.8) is 0 Å². The van der Waals surface area contributed by atoms with Crippen molar-refractivity contribution in [3.8, 4) is 0 Å². The molecule has 0 aliphatic heterocycles. The van der Waals surface area contributed by atoms with Gasteiger partial charge >= 0.3 is 5.97 Å². The molecule has 0 spiro atoms. The Hall–Kier alpha value is -0.570. The highest BCUT2D eigenvalue weighted by atomic mass is 16.4. The van der Waals surface area contributed by atoms with E-state index < -0.39 is 5.97 Å². The highest BCUT2D eigenvalue weighted by Crippen LogP contribution is 2.32. The zero-order valence-corrected chi connectivity index (χ0v) is 12.4. The molecule has 3 heteroatoms. The third-order valence-electron chi connectivity index (χ3n) is 5.26. The Labute approximate surface area is 117 Å². The molecule has 2 aliphatic carbocycles. The topological polar surface area (TPSA) is 49.3 Å². The van der Waals surface area contributed by atoms with E-state index in [1.165, 1.54) is 25.7 Å². The zero-order chi connectivity index (χ0) is 13.8. The molecule has 0 aromatic rings. The SMILES string of the molecule is CC1CCCC([C@H](C)NC2CCC(C(=O)O)CC2)C1. The number of hydrogen-bond donors (Lipinski definition) is 2. The van der Waals surface area contributed by atoms with E-state index in [4.69, 9.17) is 5.11 Å². The predicted octanol–water partition coefficient (Wildman–Crippen LogP) is 3.43. The lowest BCUT2D eigenvalue weighted by molar-refractivity contribution is -0.142. The fraction of sp³-hybridized carbons (Fsp3) is 0.938. The zero-order valence-electron chi connectivity index (χ0n) is 12.4. The highest BCUT2D eigenvalue weighted by molar-refractivity contribution is 5.70. The van der Waals surface area contributed by atoms with E-state index in [-0.39, 0.29) is 5.92 Å². The monoisotopic (exact) mass is 267 g/mol. The first kappa shape index (κ1) is 14.8. The number of carboxylic acids is 1. The molecule has 0 bridgehead atoms. The second-order valence-electron chi connectivity index (χ2n) is 6.87. The van der Waals surface area contributed by atoms with Crippen LogP contribution >= 0.6 is 0 Å². The summed E-state index contributed by atoms with van der Waals surface area (Å²) in [6.45, 7) is 4.70. The van der Waals surface area contributed by atoms with Gasteiger partial charge in [-0.1, -0.05) is 19.8 Å². The van der Waals surface area contributed by atoms with Crippen molar-refractivity contribution in [2.45, 2.75) is 77.3 Å². The Morgan fingerprint density at radius 1 is 1.16 bits per heavy atom. The Bertz CT molecular complexity index is 297. The van der Waals surface area contributed by atoms with Crippen LogP contribution in [0.3, 0.4) is 0 Å². The van der Waals surface area contributed by atoms with Gasteiger partial charge in [0.2, 0.25) is 0 Å². The Morgan fingerprint density at radius 3 is 2.42 bits per heavy atom. The van der Waals surface area contributed by atoms with E-state index >= 15 is 0 Å². The number of hydrogen-bond acceptors (Lipinski definition) is 2. The summed E-state index contributed by atoms with van der Waals surface area (Å²) in [5, 5.41) is 12.8. The van der Waals surface area contributed by atoms with Gasteiger partial charge in [-0.05, 0) is 57.3 Å². The van der Waals surface area contributed by atoms with Crippen molar-refractivity contribution in [3.05, 3.63) is 0 Å². The maximum atomic E-state index is 10.9. The van der Waals surface area contributed by atoms with Crippen LogP contribution < -0.4 is 5.32 Å². The summed E-state index contributed by atoms with van der Waals surface area (Å²) in [7, 11) is 0. The van der Waals surface area contributed by atoms with Gasteiger partial charge in [0.25, 0.3) is 0 Å². The van der Waals surface area contributed by atoms with Crippen LogP contribution in [0.5, 0.6) is 0 Å². The number of aliphatic carboxylic acids is 1. The summed E-state index contributed by atoms with van der Waals surface area (Å²) in [6, 6.07) is 1.14.